The first kappa shape index (κ1) is 22.8. The number of pyridine rings is 1. The van der Waals surface area contributed by atoms with E-state index in [1.165, 1.54) is 0 Å². The van der Waals surface area contributed by atoms with Crippen molar-refractivity contribution in [2.75, 3.05) is 5.32 Å². The highest BCUT2D eigenvalue weighted by Crippen LogP contribution is 2.24. The Bertz CT molecular complexity index is 1070. The molecule has 0 aliphatic carbocycles. The number of carbonyl (C=O) groups is 1. The number of nitrogens with one attached hydrogen (secondary N) is 2. The quantitative estimate of drug-likeness (QED) is 0.329. The van der Waals surface area contributed by atoms with Crippen LogP contribution in [0, 0.1) is 0 Å². The first-order chi connectivity index (χ1) is 15.4. The molecule has 0 spiro atoms. The zero-order valence-corrected chi connectivity index (χ0v) is 18.8. The molecule has 32 heavy (non-hydrogen) atoms. The highest BCUT2D eigenvalue weighted by atomic mass is 16.5. The summed E-state index contributed by atoms with van der Waals surface area (Å²) in [5, 5.41) is 5.85. The van der Waals surface area contributed by atoms with Gasteiger partial charge in [-0.2, -0.15) is 0 Å². The second-order valence-electron chi connectivity index (χ2n) is 7.92. The molecular weight excluding hydrogens is 398 g/mol. The molecule has 3 aromatic rings. The largest absolute Gasteiger partial charge is 0.489 e. The lowest BCUT2D eigenvalue weighted by Crippen LogP contribution is -2.43. The Labute approximate surface area is 189 Å². The molecule has 0 radical (unpaired) electrons. The zero-order valence-electron chi connectivity index (χ0n) is 18.8. The molecule has 0 bridgehead atoms. The molecule has 2 aromatic carbocycles. The van der Waals surface area contributed by atoms with Crippen LogP contribution in [0.25, 0.3) is 5.57 Å². The van der Waals surface area contributed by atoms with Crippen LogP contribution in [0.1, 0.15) is 37.5 Å². The van der Waals surface area contributed by atoms with Gasteiger partial charge in [0, 0.05) is 23.7 Å². The van der Waals surface area contributed by atoms with Gasteiger partial charge in [0.25, 0.3) is 0 Å². The molecule has 5 nitrogen and oxygen atoms in total. The van der Waals surface area contributed by atoms with E-state index in [-0.39, 0.29) is 6.03 Å². The second-order valence-corrected chi connectivity index (χ2v) is 7.92. The van der Waals surface area contributed by atoms with Gasteiger partial charge in [0.15, 0.2) is 0 Å². The number of ether oxygens (including phenoxy) is 1. The van der Waals surface area contributed by atoms with Gasteiger partial charge >= 0.3 is 6.03 Å². The molecule has 164 valence electrons. The Kier molecular flexibility index (Phi) is 7.45. The standard InChI is InChI=1S/C27H29N3O2/c1-5-25(22-10-7-6-8-11-22)20(2)32-19-21-13-15-24(16-14-21)29-26(31)30-27(3,4)23-12-9-17-28-18-23/h5-18H,2,19H2,1,3-4H3,(H2,29,30,31)/b25-5+. The summed E-state index contributed by atoms with van der Waals surface area (Å²) in [4.78, 5) is 16.6. The van der Waals surface area contributed by atoms with Gasteiger partial charge < -0.3 is 15.4 Å². The van der Waals surface area contributed by atoms with Gasteiger partial charge in [0.1, 0.15) is 12.4 Å². The lowest BCUT2D eigenvalue weighted by molar-refractivity contribution is 0.216. The van der Waals surface area contributed by atoms with Crippen molar-refractivity contribution >= 4 is 17.3 Å². The number of urea groups is 1. The topological polar surface area (TPSA) is 63.2 Å². The second kappa shape index (κ2) is 10.4. The SMILES string of the molecule is C=C(OCc1ccc(NC(=O)NC(C)(C)c2cccnc2)cc1)/C(=C\C)c1ccccc1. The van der Waals surface area contributed by atoms with E-state index in [1.807, 2.05) is 93.6 Å². The van der Waals surface area contributed by atoms with Crippen molar-refractivity contribution in [2.45, 2.75) is 32.9 Å². The van der Waals surface area contributed by atoms with Gasteiger partial charge in [0.05, 0.1) is 5.54 Å². The van der Waals surface area contributed by atoms with Gasteiger partial charge in [0.2, 0.25) is 0 Å². The summed E-state index contributed by atoms with van der Waals surface area (Å²) < 4.78 is 5.90. The van der Waals surface area contributed by atoms with Crippen LogP contribution in [-0.2, 0) is 16.9 Å². The van der Waals surface area contributed by atoms with Crippen molar-refractivity contribution in [1.29, 1.82) is 0 Å². The smallest absolute Gasteiger partial charge is 0.319 e. The van der Waals surface area contributed by atoms with Gasteiger partial charge in [-0.25, -0.2) is 4.79 Å². The molecule has 2 amide bonds. The molecule has 1 heterocycles. The zero-order chi connectivity index (χ0) is 23.0. The summed E-state index contributed by atoms with van der Waals surface area (Å²) in [7, 11) is 0. The fraction of sp³-hybridized carbons (Fsp3) is 0.185. The molecule has 0 atom stereocenters. The molecule has 5 heteroatoms. The van der Waals surface area contributed by atoms with Crippen molar-refractivity contribution in [2.24, 2.45) is 0 Å². The van der Waals surface area contributed by atoms with Crippen LogP contribution in [-0.4, -0.2) is 11.0 Å². The monoisotopic (exact) mass is 427 g/mol. The van der Waals surface area contributed by atoms with Crippen LogP contribution in [0.3, 0.4) is 0 Å². The van der Waals surface area contributed by atoms with Crippen LogP contribution in [0.5, 0.6) is 0 Å². The van der Waals surface area contributed by atoms with Crippen LogP contribution >= 0.6 is 0 Å². The van der Waals surface area contributed by atoms with E-state index in [0.29, 0.717) is 18.1 Å². The maximum atomic E-state index is 12.5. The Morgan fingerprint density at radius 3 is 2.41 bits per heavy atom. The molecule has 0 saturated carbocycles. The van der Waals surface area contributed by atoms with E-state index < -0.39 is 5.54 Å². The molecule has 0 saturated heterocycles. The number of hydrogen-bond donors (Lipinski definition) is 2. The van der Waals surface area contributed by atoms with Crippen molar-refractivity contribution in [1.82, 2.24) is 10.3 Å². The van der Waals surface area contributed by atoms with Crippen LogP contribution in [0.15, 0.2) is 97.5 Å². The average Bonchev–Trinajstić information content (AvgIpc) is 2.80. The number of anilines is 1. The number of carbonyl (C=O) groups excluding carboxylic acids is 1. The minimum Gasteiger partial charge on any atom is -0.489 e. The van der Waals surface area contributed by atoms with Crippen LogP contribution < -0.4 is 10.6 Å². The summed E-state index contributed by atoms with van der Waals surface area (Å²) >= 11 is 0. The highest BCUT2D eigenvalue weighted by Gasteiger charge is 2.23. The summed E-state index contributed by atoms with van der Waals surface area (Å²) in [6, 6.07) is 21.1. The highest BCUT2D eigenvalue weighted by molar-refractivity contribution is 5.89. The maximum absolute atomic E-state index is 12.5. The van der Waals surface area contributed by atoms with Gasteiger partial charge in [-0.3, -0.25) is 4.98 Å². The Morgan fingerprint density at radius 2 is 1.78 bits per heavy atom. The lowest BCUT2D eigenvalue weighted by Gasteiger charge is -2.26. The van der Waals surface area contributed by atoms with Gasteiger partial charge in [-0.1, -0.05) is 61.2 Å². The van der Waals surface area contributed by atoms with Gasteiger partial charge in [-0.05, 0) is 55.7 Å². The van der Waals surface area contributed by atoms with Crippen molar-refractivity contribution in [3.05, 3.63) is 114 Å². The molecular formula is C27H29N3O2. The number of benzene rings is 2. The van der Waals surface area contributed by atoms with E-state index in [9.17, 15) is 4.79 Å². The first-order valence-electron chi connectivity index (χ1n) is 10.5. The van der Waals surface area contributed by atoms with E-state index in [0.717, 1.165) is 22.3 Å². The molecule has 1 aromatic heterocycles. The molecule has 2 N–H and O–H groups in total. The minimum atomic E-state index is -0.546. The Balaban J connectivity index is 1.54. The normalized spacial score (nSPS) is 11.5. The summed E-state index contributed by atoms with van der Waals surface area (Å²) in [5.41, 5.74) is 4.10. The number of nitrogens with zero attached hydrogens (tertiary/aromatic N) is 1. The van der Waals surface area contributed by atoms with E-state index >= 15 is 0 Å². The fourth-order valence-electron chi connectivity index (χ4n) is 3.29. The lowest BCUT2D eigenvalue weighted by atomic mass is 9.96. The summed E-state index contributed by atoms with van der Waals surface area (Å²) in [6.07, 6.45) is 5.46. The number of allylic oxidation sites excluding steroid dienone is 2. The van der Waals surface area contributed by atoms with Crippen molar-refractivity contribution < 1.29 is 9.53 Å². The number of amides is 2. The van der Waals surface area contributed by atoms with E-state index in [1.54, 1.807) is 12.4 Å². The molecule has 0 fully saturated rings. The first-order valence-corrected chi connectivity index (χ1v) is 10.5. The average molecular weight is 428 g/mol. The molecule has 0 unspecified atom stereocenters. The van der Waals surface area contributed by atoms with E-state index in [2.05, 4.69) is 22.2 Å². The minimum absolute atomic E-state index is 0.281. The predicted octanol–water partition coefficient (Wildman–Crippen LogP) is 6.27. The third-order valence-electron chi connectivity index (χ3n) is 5.11. The summed E-state index contributed by atoms with van der Waals surface area (Å²) in [5.74, 6) is 0.623. The Morgan fingerprint density at radius 1 is 1.06 bits per heavy atom. The van der Waals surface area contributed by atoms with Crippen LogP contribution in [0.4, 0.5) is 10.5 Å². The third-order valence-corrected chi connectivity index (χ3v) is 5.11. The fourth-order valence-corrected chi connectivity index (χ4v) is 3.29. The van der Waals surface area contributed by atoms with Crippen molar-refractivity contribution in [3.8, 4) is 0 Å². The van der Waals surface area contributed by atoms with Crippen LogP contribution in [0.2, 0.25) is 0 Å². The third kappa shape index (κ3) is 6.08. The molecule has 0 aliphatic heterocycles. The molecule has 0 aliphatic rings. The van der Waals surface area contributed by atoms with Gasteiger partial charge in [-0.15, -0.1) is 0 Å². The molecule has 3 rings (SSSR count). The van der Waals surface area contributed by atoms with E-state index in [4.69, 9.17) is 4.74 Å². The summed E-state index contributed by atoms with van der Waals surface area (Å²) in [6.45, 7) is 10.3. The maximum Gasteiger partial charge on any atom is 0.319 e. The predicted molar refractivity (Wildman–Crippen MR) is 130 cm³/mol. The number of aromatic nitrogens is 1. The number of hydrogen-bond acceptors (Lipinski definition) is 3. The van der Waals surface area contributed by atoms with Crippen molar-refractivity contribution in [3.63, 3.8) is 0 Å². The number of rotatable bonds is 8. The Hall–Kier alpha value is -3.86.